The summed E-state index contributed by atoms with van der Waals surface area (Å²) in [6.45, 7) is -0.306. The molecule has 0 saturated heterocycles. The lowest BCUT2D eigenvalue weighted by molar-refractivity contribution is 0.479. The van der Waals surface area contributed by atoms with Crippen molar-refractivity contribution in [1.82, 2.24) is 8.97 Å². The third-order valence-electron chi connectivity index (χ3n) is 12.9. The van der Waals surface area contributed by atoms with Crippen LogP contribution in [-0.2, 0) is 0 Å². The highest BCUT2D eigenvalue weighted by molar-refractivity contribution is 6.84. The molecule has 3 aromatic heterocycles. The molecular weight excluding hydrogens is 719 g/mol. The number of hydrogen-bond donors (Lipinski definition) is 0. The first kappa shape index (κ1) is 31.3. The fraction of sp³-hybridized carbons (Fsp3) is 0. The minimum absolute atomic E-state index is 0.306. The van der Waals surface area contributed by atoms with Gasteiger partial charge in [0, 0.05) is 54.4 Å². The van der Waals surface area contributed by atoms with E-state index < -0.39 is 0 Å². The minimum Gasteiger partial charge on any atom is -0.551 e. The number of ether oxygens (including phenoxy) is 1. The summed E-state index contributed by atoms with van der Waals surface area (Å²) in [5.41, 5.74) is 16.1. The van der Waals surface area contributed by atoms with E-state index in [2.05, 4.69) is 191 Å². The maximum Gasteiger partial charge on any atom is 0.434 e. The van der Waals surface area contributed by atoms with Crippen molar-refractivity contribution in [2.24, 2.45) is 0 Å². The van der Waals surface area contributed by atoms with Crippen LogP contribution in [0.15, 0.2) is 188 Å². The Kier molecular flexibility index (Phi) is 6.07. The number of rotatable bonds is 3. The Bertz CT molecular complexity index is 3630. The second-order valence-corrected chi connectivity index (χ2v) is 16.0. The van der Waals surface area contributed by atoms with Crippen LogP contribution in [0.4, 0.5) is 0 Å². The van der Waals surface area contributed by atoms with Crippen molar-refractivity contribution in [3.05, 3.63) is 188 Å². The van der Waals surface area contributed by atoms with E-state index in [-0.39, 0.29) is 6.92 Å². The highest BCUT2D eigenvalue weighted by Gasteiger charge is 2.41. The van der Waals surface area contributed by atoms with Crippen LogP contribution < -0.4 is 20.3 Å². The second-order valence-electron chi connectivity index (χ2n) is 16.0. The van der Waals surface area contributed by atoms with Crippen molar-refractivity contribution in [1.29, 1.82) is 0 Å². The molecule has 0 bridgehead atoms. The fourth-order valence-corrected chi connectivity index (χ4v) is 10.4. The van der Waals surface area contributed by atoms with Gasteiger partial charge in [-0.15, -0.1) is 0 Å². The van der Waals surface area contributed by atoms with E-state index in [4.69, 9.17) is 9.39 Å². The fourth-order valence-electron chi connectivity index (χ4n) is 10.4. The van der Waals surface area contributed by atoms with Crippen molar-refractivity contribution in [2.75, 3.05) is 0 Å². The van der Waals surface area contributed by atoms with E-state index in [1.165, 1.54) is 65.5 Å². The van der Waals surface area contributed by atoms with E-state index >= 15 is 0 Å². The molecule has 12 aromatic rings. The Labute approximate surface area is 339 Å². The van der Waals surface area contributed by atoms with Crippen LogP contribution in [0.2, 0.25) is 0 Å². The highest BCUT2D eigenvalue weighted by Crippen LogP contribution is 2.46. The summed E-state index contributed by atoms with van der Waals surface area (Å²) in [5.74, 6) is 2.53. The van der Waals surface area contributed by atoms with Gasteiger partial charge in [0.15, 0.2) is 0 Å². The average Bonchev–Trinajstić information content (AvgIpc) is 3.94. The van der Waals surface area contributed by atoms with Gasteiger partial charge < -0.3 is 18.4 Å². The molecule has 0 fully saturated rings. The molecule has 0 aliphatic carbocycles. The molecule has 9 aromatic carbocycles. The summed E-state index contributed by atoms with van der Waals surface area (Å²) in [6, 6.07) is 68.1. The zero-order valence-corrected chi connectivity index (χ0v) is 31.7. The Morgan fingerprint density at radius 1 is 0.373 bits per heavy atom. The Hall–Kier alpha value is -7.76. The highest BCUT2D eigenvalue weighted by atomic mass is 16.5. The van der Waals surface area contributed by atoms with Crippen molar-refractivity contribution < 1.29 is 9.39 Å². The predicted octanol–water partition coefficient (Wildman–Crippen LogP) is 12.5. The lowest BCUT2D eigenvalue weighted by atomic mass is 9.50. The predicted molar refractivity (Wildman–Crippen MR) is 244 cm³/mol. The first-order chi connectivity index (χ1) is 29.3. The SMILES string of the molecule is c1ccc2c(c1)Oc1cc(-c3ccccc3-n3c4ccccc4c4ccccc43)cc3c1B2Oc1cc(-c2cc4c5ccccc5n5c6ccccc6c(c2)c45)ccc1-3. The molecule has 0 N–H and O–H groups in total. The lowest BCUT2D eigenvalue weighted by Gasteiger charge is -2.33. The molecule has 0 spiro atoms. The van der Waals surface area contributed by atoms with Crippen LogP contribution in [0.3, 0.4) is 0 Å². The molecule has 0 saturated carbocycles. The lowest BCUT2D eigenvalue weighted by Crippen LogP contribution is -2.53. The number of para-hydroxylation sites is 6. The van der Waals surface area contributed by atoms with E-state index in [1.807, 2.05) is 6.07 Å². The first-order valence-electron chi connectivity index (χ1n) is 20.3. The van der Waals surface area contributed by atoms with Gasteiger partial charge in [0.05, 0.1) is 33.3 Å². The van der Waals surface area contributed by atoms with Crippen LogP contribution in [0.1, 0.15) is 0 Å². The summed E-state index contributed by atoms with van der Waals surface area (Å²) in [6.07, 6.45) is 0. The largest absolute Gasteiger partial charge is 0.551 e. The quantitative estimate of drug-likeness (QED) is 0.168. The number of hydrogen-bond acceptors (Lipinski definition) is 2. The standard InChI is InChI=1S/C54H31BN2O2/c1-7-19-45(56-46-20-8-2-14-36(46)37-15-3-9-21-47(37)56)35(13-1)34-29-41-40-26-25-32(30-51(40)59-55-44-18-6-12-24-50(44)58-52(31-34)53(41)55)33-27-42-38-16-4-10-22-48(38)57-49-23-11-5-17-39(49)43(28-33)54(42)57/h1-31H. The van der Waals surface area contributed by atoms with Crippen LogP contribution in [0.5, 0.6) is 17.2 Å². The second kappa shape index (κ2) is 11.4. The Morgan fingerprint density at radius 2 is 0.949 bits per heavy atom. The van der Waals surface area contributed by atoms with Gasteiger partial charge >= 0.3 is 6.92 Å². The van der Waals surface area contributed by atoms with Crippen molar-refractivity contribution in [3.8, 4) is 56.3 Å². The molecule has 0 unspecified atom stereocenters. The van der Waals surface area contributed by atoms with Gasteiger partial charge in [0.2, 0.25) is 0 Å². The molecule has 0 atom stereocenters. The molecule has 0 amide bonds. The van der Waals surface area contributed by atoms with E-state index in [0.717, 1.165) is 61.7 Å². The molecule has 2 aliphatic heterocycles. The number of aromatic nitrogens is 2. The first-order valence-corrected chi connectivity index (χ1v) is 20.3. The van der Waals surface area contributed by atoms with Gasteiger partial charge in [-0.25, -0.2) is 0 Å². The normalized spacial score (nSPS) is 13.0. The van der Waals surface area contributed by atoms with Crippen molar-refractivity contribution >= 4 is 77.7 Å². The third-order valence-corrected chi connectivity index (χ3v) is 12.9. The van der Waals surface area contributed by atoms with Gasteiger partial charge in [0.1, 0.15) is 17.2 Å². The Balaban J connectivity index is 0.989. The zero-order valence-electron chi connectivity index (χ0n) is 31.7. The average molecular weight is 751 g/mol. The van der Waals surface area contributed by atoms with E-state index in [1.54, 1.807) is 0 Å². The molecule has 272 valence electrons. The monoisotopic (exact) mass is 750 g/mol. The van der Waals surface area contributed by atoms with E-state index in [0.29, 0.717) is 0 Å². The minimum atomic E-state index is -0.306. The van der Waals surface area contributed by atoms with Gasteiger partial charge in [-0.05, 0) is 89.0 Å². The topological polar surface area (TPSA) is 27.8 Å². The van der Waals surface area contributed by atoms with Gasteiger partial charge in [0.25, 0.3) is 0 Å². The van der Waals surface area contributed by atoms with Crippen molar-refractivity contribution in [2.45, 2.75) is 0 Å². The van der Waals surface area contributed by atoms with Gasteiger partial charge in [-0.3, -0.25) is 0 Å². The van der Waals surface area contributed by atoms with Crippen LogP contribution in [0, 0.1) is 0 Å². The smallest absolute Gasteiger partial charge is 0.434 e. The number of nitrogens with zero attached hydrogens (tertiary/aromatic N) is 2. The summed E-state index contributed by atoms with van der Waals surface area (Å²) in [4.78, 5) is 0. The summed E-state index contributed by atoms with van der Waals surface area (Å²) in [7, 11) is 0. The van der Waals surface area contributed by atoms with Crippen LogP contribution in [-0.4, -0.2) is 15.9 Å². The van der Waals surface area contributed by atoms with Gasteiger partial charge in [-0.2, -0.15) is 0 Å². The summed E-state index contributed by atoms with van der Waals surface area (Å²) in [5, 5.41) is 7.55. The Morgan fingerprint density at radius 3 is 1.66 bits per heavy atom. The maximum atomic E-state index is 7.13. The number of benzene rings is 9. The van der Waals surface area contributed by atoms with Crippen LogP contribution in [0.25, 0.3) is 99.0 Å². The molecule has 0 radical (unpaired) electrons. The molecule has 14 rings (SSSR count). The number of fused-ring (bicyclic) bond motifs is 13. The zero-order chi connectivity index (χ0) is 38.3. The molecule has 4 nitrogen and oxygen atoms in total. The van der Waals surface area contributed by atoms with E-state index in [9.17, 15) is 0 Å². The van der Waals surface area contributed by atoms with Crippen LogP contribution >= 0.6 is 0 Å². The molecule has 5 heteroatoms. The molecular formula is C54H31BN2O2. The maximum absolute atomic E-state index is 7.13. The molecule has 59 heavy (non-hydrogen) atoms. The van der Waals surface area contributed by atoms with Crippen molar-refractivity contribution in [3.63, 3.8) is 0 Å². The molecule has 5 heterocycles. The third kappa shape index (κ3) is 4.18. The van der Waals surface area contributed by atoms with Gasteiger partial charge in [-0.1, -0.05) is 121 Å². The summed E-state index contributed by atoms with van der Waals surface area (Å²) < 4.78 is 18.8. The molecule has 2 aliphatic rings. The summed E-state index contributed by atoms with van der Waals surface area (Å²) >= 11 is 0.